The van der Waals surface area contributed by atoms with Gasteiger partial charge in [-0.3, -0.25) is 5.32 Å². The maximum Gasteiger partial charge on any atom is 0.144 e. The number of aliphatic hydroxyl groups is 2. The Morgan fingerprint density at radius 3 is 2.55 bits per heavy atom. The number of β-amino-alcohol motifs (C(OH)–C–C–N with tert-alkyl or cyclic N) is 1. The molecule has 11 heavy (non-hydrogen) atoms. The predicted molar refractivity (Wildman–Crippen MR) is 37.9 cm³/mol. The van der Waals surface area contributed by atoms with Crippen molar-refractivity contribution in [2.24, 2.45) is 5.73 Å². The summed E-state index contributed by atoms with van der Waals surface area (Å²) in [5, 5.41) is 21.0. The number of aldehydes is 1. The summed E-state index contributed by atoms with van der Waals surface area (Å²) in [6.07, 6.45) is -1.44. The van der Waals surface area contributed by atoms with E-state index in [1.54, 1.807) is 0 Å². The van der Waals surface area contributed by atoms with Crippen LogP contribution in [-0.2, 0) is 4.79 Å². The quantitative estimate of drug-likeness (QED) is 0.327. The summed E-state index contributed by atoms with van der Waals surface area (Å²) in [7, 11) is 0. The molecule has 5 heteroatoms. The number of carbonyl (C=O) groups excluding carboxylic acids is 1. The van der Waals surface area contributed by atoms with Crippen LogP contribution in [0.25, 0.3) is 0 Å². The van der Waals surface area contributed by atoms with E-state index in [1.807, 2.05) is 0 Å². The topological polar surface area (TPSA) is 95.6 Å². The molecule has 0 aromatic carbocycles. The van der Waals surface area contributed by atoms with Gasteiger partial charge in [0.25, 0.3) is 0 Å². The average Bonchev–Trinajstić information content (AvgIpc) is 2.32. The zero-order chi connectivity index (χ0) is 8.48. The predicted octanol–water partition coefficient (Wildman–Crippen LogP) is -2.79. The molecule has 5 N–H and O–H groups in total. The second-order valence-corrected chi connectivity index (χ2v) is 2.76. The van der Waals surface area contributed by atoms with Crippen molar-refractivity contribution in [1.82, 2.24) is 5.32 Å². The summed E-state index contributed by atoms with van der Waals surface area (Å²) in [5.74, 6) is 0. The molecule has 1 saturated heterocycles. The Morgan fingerprint density at radius 1 is 1.73 bits per heavy atom. The zero-order valence-electron chi connectivity index (χ0n) is 6.03. The largest absolute Gasteiger partial charge is 0.389 e. The lowest BCUT2D eigenvalue weighted by molar-refractivity contribution is -0.117. The van der Waals surface area contributed by atoms with Crippen molar-refractivity contribution in [2.45, 2.75) is 17.7 Å². The monoisotopic (exact) mass is 160 g/mol. The number of aliphatic hydroxyl groups excluding tert-OH is 2. The molecule has 1 fully saturated rings. The minimum Gasteiger partial charge on any atom is -0.389 e. The van der Waals surface area contributed by atoms with Crippen LogP contribution >= 0.6 is 0 Å². The molecule has 0 amide bonds. The lowest BCUT2D eigenvalue weighted by Crippen LogP contribution is -2.56. The summed E-state index contributed by atoms with van der Waals surface area (Å²) in [6.45, 7) is 0.200. The van der Waals surface area contributed by atoms with Crippen molar-refractivity contribution in [2.75, 3.05) is 13.1 Å². The molecule has 0 radical (unpaired) electrons. The molecule has 0 aromatic heterocycles. The first kappa shape index (κ1) is 8.61. The Morgan fingerprint density at radius 2 is 2.36 bits per heavy atom. The molecule has 0 aromatic rings. The van der Waals surface area contributed by atoms with Crippen LogP contribution in [-0.4, -0.2) is 47.3 Å². The van der Waals surface area contributed by atoms with Crippen LogP contribution in [0.1, 0.15) is 0 Å². The fourth-order valence-electron chi connectivity index (χ4n) is 1.21. The van der Waals surface area contributed by atoms with E-state index in [1.165, 1.54) is 0 Å². The van der Waals surface area contributed by atoms with Gasteiger partial charge in [0.1, 0.15) is 17.9 Å². The Bertz CT molecular complexity index is 164. The smallest absolute Gasteiger partial charge is 0.144 e. The van der Waals surface area contributed by atoms with Crippen LogP contribution in [0.2, 0.25) is 0 Å². The minimum atomic E-state index is -1.14. The third-order valence-corrected chi connectivity index (χ3v) is 2.08. The van der Waals surface area contributed by atoms with Gasteiger partial charge in [-0.1, -0.05) is 0 Å². The van der Waals surface area contributed by atoms with E-state index in [0.29, 0.717) is 6.29 Å². The maximum absolute atomic E-state index is 10.5. The van der Waals surface area contributed by atoms with Crippen molar-refractivity contribution < 1.29 is 15.0 Å². The molecule has 5 nitrogen and oxygen atoms in total. The number of nitrogens with two attached hydrogens (primary N) is 1. The summed E-state index contributed by atoms with van der Waals surface area (Å²) in [5.41, 5.74) is 4.13. The lowest BCUT2D eigenvalue weighted by Gasteiger charge is -2.24. The van der Waals surface area contributed by atoms with Crippen LogP contribution in [0.15, 0.2) is 0 Å². The van der Waals surface area contributed by atoms with Gasteiger partial charge in [-0.05, 0) is 0 Å². The Balaban J connectivity index is 2.77. The molecule has 0 bridgehead atoms. The fraction of sp³-hybridized carbons (Fsp3) is 0.833. The molecule has 0 aliphatic carbocycles. The SMILES string of the molecule is NCC1(C=O)NCC(O)C1O. The van der Waals surface area contributed by atoms with Crippen molar-refractivity contribution in [1.29, 1.82) is 0 Å². The van der Waals surface area contributed by atoms with Crippen molar-refractivity contribution in [3.63, 3.8) is 0 Å². The van der Waals surface area contributed by atoms with Gasteiger partial charge in [0.05, 0.1) is 6.10 Å². The fourth-order valence-corrected chi connectivity index (χ4v) is 1.21. The van der Waals surface area contributed by atoms with Gasteiger partial charge >= 0.3 is 0 Å². The van der Waals surface area contributed by atoms with E-state index in [-0.39, 0.29) is 13.1 Å². The lowest BCUT2D eigenvalue weighted by atomic mass is 9.95. The van der Waals surface area contributed by atoms with E-state index in [0.717, 1.165) is 0 Å². The third-order valence-electron chi connectivity index (χ3n) is 2.08. The van der Waals surface area contributed by atoms with Crippen LogP contribution in [0.4, 0.5) is 0 Å². The second kappa shape index (κ2) is 2.86. The highest BCUT2D eigenvalue weighted by Crippen LogP contribution is 2.16. The van der Waals surface area contributed by atoms with Crippen LogP contribution < -0.4 is 11.1 Å². The molecule has 3 unspecified atom stereocenters. The minimum absolute atomic E-state index is 0.00523. The average molecular weight is 160 g/mol. The summed E-state index contributed by atoms with van der Waals surface area (Å²) in [4.78, 5) is 10.5. The van der Waals surface area contributed by atoms with Gasteiger partial charge in [-0.25, -0.2) is 0 Å². The first-order valence-corrected chi connectivity index (χ1v) is 3.44. The first-order chi connectivity index (χ1) is 5.16. The van der Waals surface area contributed by atoms with Gasteiger partial charge in [0.15, 0.2) is 0 Å². The van der Waals surface area contributed by atoms with E-state index in [9.17, 15) is 9.90 Å². The number of rotatable bonds is 2. The van der Waals surface area contributed by atoms with Crippen molar-refractivity contribution >= 4 is 6.29 Å². The molecule has 64 valence electrons. The van der Waals surface area contributed by atoms with Crippen LogP contribution in [0.5, 0.6) is 0 Å². The van der Waals surface area contributed by atoms with Gasteiger partial charge in [-0.2, -0.15) is 0 Å². The highest BCUT2D eigenvalue weighted by atomic mass is 16.3. The number of carbonyl (C=O) groups is 1. The second-order valence-electron chi connectivity index (χ2n) is 2.76. The summed E-state index contributed by atoms with van der Waals surface area (Å²) >= 11 is 0. The first-order valence-electron chi connectivity index (χ1n) is 3.44. The van der Waals surface area contributed by atoms with Gasteiger partial charge in [0.2, 0.25) is 0 Å². The third kappa shape index (κ3) is 1.16. The normalized spacial score (nSPS) is 44.3. The summed E-state index contributed by atoms with van der Waals surface area (Å²) in [6, 6.07) is 0. The molecule has 1 heterocycles. The number of hydrogen-bond donors (Lipinski definition) is 4. The molecular weight excluding hydrogens is 148 g/mol. The van der Waals surface area contributed by atoms with E-state index >= 15 is 0 Å². The van der Waals surface area contributed by atoms with E-state index in [2.05, 4.69) is 5.32 Å². The van der Waals surface area contributed by atoms with Gasteiger partial charge in [-0.15, -0.1) is 0 Å². The molecule has 1 rings (SSSR count). The standard InChI is InChI=1S/C6H12N2O3/c7-2-6(3-9)5(11)4(10)1-8-6/h3-5,8,10-11H,1-2,7H2. The molecule has 3 atom stereocenters. The van der Waals surface area contributed by atoms with Crippen molar-refractivity contribution in [3.05, 3.63) is 0 Å². The van der Waals surface area contributed by atoms with Crippen LogP contribution in [0.3, 0.4) is 0 Å². The zero-order valence-corrected chi connectivity index (χ0v) is 6.03. The molecular formula is C6H12N2O3. The van der Waals surface area contributed by atoms with Crippen molar-refractivity contribution in [3.8, 4) is 0 Å². The Kier molecular flexibility index (Phi) is 2.24. The van der Waals surface area contributed by atoms with Gasteiger partial charge in [0, 0.05) is 13.1 Å². The van der Waals surface area contributed by atoms with Crippen LogP contribution in [0, 0.1) is 0 Å². The molecule has 1 aliphatic heterocycles. The van der Waals surface area contributed by atoms with E-state index < -0.39 is 17.7 Å². The Hall–Kier alpha value is -0.490. The van der Waals surface area contributed by atoms with E-state index in [4.69, 9.17) is 10.8 Å². The molecule has 0 saturated carbocycles. The highest BCUT2D eigenvalue weighted by molar-refractivity contribution is 5.67. The van der Waals surface area contributed by atoms with Gasteiger partial charge < -0.3 is 20.7 Å². The highest BCUT2D eigenvalue weighted by Gasteiger charge is 2.46. The summed E-state index contributed by atoms with van der Waals surface area (Å²) < 4.78 is 0. The maximum atomic E-state index is 10.5. The molecule has 1 aliphatic rings. The molecule has 0 spiro atoms. The number of nitrogens with one attached hydrogen (secondary N) is 1. The Labute approximate surface area is 64.2 Å². The number of hydrogen-bond acceptors (Lipinski definition) is 5.